The third-order valence-corrected chi connectivity index (χ3v) is 6.76. The minimum Gasteiger partial charge on any atom is -0.462 e. The smallest absolute Gasteiger partial charge is 0.302 e. The summed E-state index contributed by atoms with van der Waals surface area (Å²) >= 11 is 0. The molecule has 0 aromatic rings. The van der Waals surface area contributed by atoms with Crippen LogP contribution in [-0.2, 0) is 23.9 Å². The van der Waals surface area contributed by atoms with Gasteiger partial charge in [-0.3, -0.25) is 19.2 Å². The first-order chi connectivity index (χ1) is 18.1. The van der Waals surface area contributed by atoms with Gasteiger partial charge in [0.15, 0.2) is 12.1 Å². The Hall–Kier alpha value is -2.42. The van der Waals surface area contributed by atoms with E-state index in [-0.39, 0.29) is 36.7 Å². The summed E-state index contributed by atoms with van der Waals surface area (Å²) in [5, 5.41) is 29.0. The predicted octanol–water partition coefficient (Wildman–Crippen LogP) is 4.34. The lowest BCUT2D eigenvalue weighted by Crippen LogP contribution is -2.34. The number of aldehydes is 1. The summed E-state index contributed by atoms with van der Waals surface area (Å²) in [5.41, 5.74) is 0.646. The second-order valence-corrected chi connectivity index (χ2v) is 12.2. The molecule has 8 nitrogen and oxygen atoms in total. The van der Waals surface area contributed by atoms with Crippen molar-refractivity contribution >= 4 is 23.8 Å². The number of rotatable bonds is 11. The van der Waals surface area contributed by atoms with Crippen LogP contribution in [0.25, 0.3) is 0 Å². The van der Waals surface area contributed by atoms with Crippen LogP contribution in [0.15, 0.2) is 36.0 Å². The van der Waals surface area contributed by atoms with E-state index in [1.165, 1.54) is 6.92 Å². The highest BCUT2D eigenvalue weighted by Crippen LogP contribution is 2.29. The van der Waals surface area contributed by atoms with Crippen molar-refractivity contribution in [1.29, 1.82) is 0 Å². The van der Waals surface area contributed by atoms with Gasteiger partial charge < -0.3 is 20.1 Å². The molecule has 3 N–H and O–H groups in total. The van der Waals surface area contributed by atoms with Crippen molar-refractivity contribution in [1.82, 2.24) is 0 Å². The van der Waals surface area contributed by atoms with Crippen LogP contribution in [-0.4, -0.2) is 63.1 Å². The predicted molar refractivity (Wildman–Crippen MR) is 150 cm³/mol. The van der Waals surface area contributed by atoms with Crippen molar-refractivity contribution in [3.8, 4) is 0 Å². The Morgan fingerprint density at radius 3 is 2.21 bits per heavy atom. The third-order valence-electron chi connectivity index (χ3n) is 6.76. The van der Waals surface area contributed by atoms with Crippen molar-refractivity contribution in [2.24, 2.45) is 11.3 Å². The molecule has 0 amide bonds. The summed E-state index contributed by atoms with van der Waals surface area (Å²) in [4.78, 5) is 43.3. The summed E-state index contributed by atoms with van der Waals surface area (Å²) < 4.78 is 4.86. The van der Waals surface area contributed by atoms with E-state index >= 15 is 0 Å². The van der Waals surface area contributed by atoms with Crippen LogP contribution in [0.1, 0.15) is 98.8 Å². The van der Waals surface area contributed by atoms with Gasteiger partial charge in [-0.25, -0.2) is 0 Å². The van der Waals surface area contributed by atoms with E-state index in [4.69, 9.17) is 4.74 Å². The van der Waals surface area contributed by atoms with E-state index in [1.54, 1.807) is 13.8 Å². The zero-order chi connectivity index (χ0) is 29.6. The first-order valence-electron chi connectivity index (χ1n) is 13.9. The number of esters is 1. The van der Waals surface area contributed by atoms with Crippen LogP contribution in [0.4, 0.5) is 0 Å². The van der Waals surface area contributed by atoms with Gasteiger partial charge in [0.1, 0.15) is 11.9 Å². The average molecular weight is 549 g/mol. The molecule has 0 bridgehead atoms. The van der Waals surface area contributed by atoms with Gasteiger partial charge in [0.2, 0.25) is 0 Å². The van der Waals surface area contributed by atoms with E-state index in [9.17, 15) is 34.5 Å². The maximum absolute atomic E-state index is 11.2. The average Bonchev–Trinajstić information content (AvgIpc) is 2.78. The Morgan fingerprint density at radius 2 is 1.64 bits per heavy atom. The molecular formula is C31H48O8. The number of carbonyl (C=O) groups is 4. The maximum atomic E-state index is 11.2. The molecule has 0 spiro atoms. The Kier molecular flexibility index (Phi) is 14.8. The zero-order valence-corrected chi connectivity index (χ0v) is 24.2. The summed E-state index contributed by atoms with van der Waals surface area (Å²) in [6.45, 7) is 9.35. The van der Waals surface area contributed by atoms with Crippen LogP contribution in [0.2, 0.25) is 0 Å². The zero-order valence-electron chi connectivity index (χ0n) is 24.2. The van der Waals surface area contributed by atoms with E-state index < -0.39 is 41.6 Å². The molecular weight excluding hydrogens is 500 g/mol. The van der Waals surface area contributed by atoms with Gasteiger partial charge in [0.05, 0.1) is 17.8 Å². The number of allylic oxidation sites excluding steroid dienone is 4. The van der Waals surface area contributed by atoms with Crippen LogP contribution in [0.3, 0.4) is 0 Å². The standard InChI is InChI=1S/C21H36O3.C10H12O5/c1-20(2,12-9-13-21(3,4)24)11-8-6-5-7-10-17-14-18(22)16-19(23)15-17;1-6(12)15-9-3-7(10(14)5-11)2-8(13)4-9/h5,7,9-10,13,18-19,22-24H,6,8,11-12,14-16H2,1-4H3;5,7,9H,2-4H2,1H3/b7-5+,13-9-;/t18-,19-;/m1./s1. The molecule has 2 saturated carbocycles. The number of aliphatic hydroxyl groups is 3. The second-order valence-electron chi connectivity index (χ2n) is 12.2. The van der Waals surface area contributed by atoms with E-state index in [2.05, 4.69) is 32.1 Å². The largest absolute Gasteiger partial charge is 0.462 e. The number of unbranched alkanes of at least 4 members (excludes halogenated alkanes) is 1. The summed E-state index contributed by atoms with van der Waals surface area (Å²) in [6.07, 6.45) is 15.7. The van der Waals surface area contributed by atoms with Crippen molar-refractivity contribution < 1.29 is 39.2 Å². The van der Waals surface area contributed by atoms with Crippen LogP contribution in [0, 0.1) is 11.3 Å². The lowest BCUT2D eigenvalue weighted by molar-refractivity contribution is -0.152. The molecule has 220 valence electrons. The molecule has 2 unspecified atom stereocenters. The summed E-state index contributed by atoms with van der Waals surface area (Å²) in [5.74, 6) is -1.84. The Balaban J connectivity index is 0.000000434. The van der Waals surface area contributed by atoms with Crippen molar-refractivity contribution in [2.75, 3.05) is 0 Å². The SMILES string of the molecule is CC(=O)OC1CC(=O)CC(C(=O)C=O)C1.CC(C)(O)/C=C\CC(C)(C)CCC/C=C/C=C1C[C@@H](O)C[C@H](O)C1. The minimum absolute atomic E-state index is 0.0787. The van der Waals surface area contributed by atoms with Gasteiger partial charge in [0.25, 0.3) is 0 Å². The molecule has 0 saturated heterocycles. The number of carbonyl (C=O) groups excluding carboxylic acids is 4. The first kappa shape index (κ1) is 34.6. The quantitative estimate of drug-likeness (QED) is 0.114. The van der Waals surface area contributed by atoms with Gasteiger partial charge in [-0.15, -0.1) is 0 Å². The number of aliphatic hydroxyl groups excluding tert-OH is 2. The molecule has 4 atom stereocenters. The molecule has 2 fully saturated rings. The molecule has 0 aliphatic heterocycles. The third kappa shape index (κ3) is 16.3. The Bertz CT molecular complexity index is 892. The molecule has 0 radical (unpaired) electrons. The lowest BCUT2D eigenvalue weighted by Gasteiger charge is -2.25. The number of ether oxygens (including phenoxy) is 1. The fourth-order valence-electron chi connectivity index (χ4n) is 4.81. The number of ketones is 2. The highest BCUT2D eigenvalue weighted by molar-refractivity contribution is 6.26. The summed E-state index contributed by atoms with van der Waals surface area (Å²) in [7, 11) is 0. The van der Waals surface area contributed by atoms with Crippen LogP contribution in [0.5, 0.6) is 0 Å². The topological polar surface area (TPSA) is 138 Å². The summed E-state index contributed by atoms with van der Waals surface area (Å²) in [6, 6.07) is 0. The van der Waals surface area contributed by atoms with E-state index in [1.807, 2.05) is 12.2 Å². The van der Waals surface area contributed by atoms with Gasteiger partial charge in [-0.05, 0) is 70.6 Å². The van der Waals surface area contributed by atoms with Gasteiger partial charge in [0, 0.05) is 25.7 Å². The molecule has 2 aliphatic rings. The molecule has 2 rings (SSSR count). The molecule has 8 heteroatoms. The first-order valence-corrected chi connectivity index (χ1v) is 13.9. The number of hydrogen-bond donors (Lipinski definition) is 3. The fourth-order valence-corrected chi connectivity index (χ4v) is 4.81. The van der Waals surface area contributed by atoms with Gasteiger partial charge in [-0.2, -0.15) is 0 Å². The number of hydrogen-bond acceptors (Lipinski definition) is 8. The Labute approximate surface area is 233 Å². The molecule has 0 aromatic heterocycles. The maximum Gasteiger partial charge on any atom is 0.302 e. The fraction of sp³-hybridized carbons (Fsp3) is 0.677. The van der Waals surface area contributed by atoms with Crippen LogP contribution < -0.4 is 0 Å². The molecule has 0 aromatic carbocycles. The van der Waals surface area contributed by atoms with Crippen LogP contribution >= 0.6 is 0 Å². The van der Waals surface area contributed by atoms with Gasteiger partial charge in [-0.1, -0.05) is 49.8 Å². The second kappa shape index (κ2) is 16.6. The minimum atomic E-state index is -0.730. The molecule has 39 heavy (non-hydrogen) atoms. The van der Waals surface area contributed by atoms with Crippen molar-refractivity contribution in [3.05, 3.63) is 36.0 Å². The van der Waals surface area contributed by atoms with Gasteiger partial charge >= 0.3 is 5.97 Å². The van der Waals surface area contributed by atoms with E-state index in [0.29, 0.717) is 19.3 Å². The number of Topliss-reactive ketones (excluding diaryl/α,β-unsaturated/α-hetero) is 2. The van der Waals surface area contributed by atoms with Crippen molar-refractivity contribution in [2.45, 2.75) is 123 Å². The monoisotopic (exact) mass is 548 g/mol. The molecule has 0 heterocycles. The normalized spacial score (nSPS) is 24.3. The molecule has 2 aliphatic carbocycles. The van der Waals surface area contributed by atoms with Crippen molar-refractivity contribution in [3.63, 3.8) is 0 Å². The van der Waals surface area contributed by atoms with E-state index in [0.717, 1.165) is 31.3 Å². The highest BCUT2D eigenvalue weighted by Gasteiger charge is 2.33. The lowest BCUT2D eigenvalue weighted by atomic mass is 9.83. The highest BCUT2D eigenvalue weighted by atomic mass is 16.5. The Morgan fingerprint density at radius 1 is 1.00 bits per heavy atom.